The minimum absolute atomic E-state index is 0.0197. The second-order valence-electron chi connectivity index (χ2n) is 21.9. The summed E-state index contributed by atoms with van der Waals surface area (Å²) in [6.45, 7) is -0.315. The number of H-pyrrole nitrogens is 1. The predicted octanol–water partition coefficient (Wildman–Crippen LogP) is 8.96. The number of hydrogen-bond acceptors (Lipinski definition) is 12. The maximum absolute atomic E-state index is 13.6. The number of hydrogen-bond donors (Lipinski definition) is 1. The first-order chi connectivity index (χ1) is 42.7. The molecule has 1 N–H and O–H groups in total. The molecule has 0 saturated heterocycles. The lowest BCUT2D eigenvalue weighted by atomic mass is 10.1. The van der Waals surface area contributed by atoms with Gasteiger partial charge in [-0.15, -0.1) is 0 Å². The number of nitrogens with zero attached hydrogens (tertiary/aromatic N) is 11. The highest BCUT2D eigenvalue weighted by Crippen LogP contribution is 2.36. The van der Waals surface area contributed by atoms with Crippen molar-refractivity contribution in [3.63, 3.8) is 0 Å². The first kappa shape index (κ1) is 58.2. The number of imide groups is 3. The molecule has 3 aliphatic heterocycles. The molecule has 6 amide bonds. The fourth-order valence-corrected chi connectivity index (χ4v) is 11.1. The Hall–Kier alpha value is -10.2. The van der Waals surface area contributed by atoms with E-state index in [1.807, 2.05) is 12.3 Å². The Morgan fingerprint density at radius 1 is 0.477 bits per heavy atom. The van der Waals surface area contributed by atoms with Crippen molar-refractivity contribution in [2.75, 3.05) is 25.0 Å². The summed E-state index contributed by atoms with van der Waals surface area (Å²) in [5.74, 6) is -2.51. The molecule has 446 valence electrons. The van der Waals surface area contributed by atoms with Crippen LogP contribution in [-0.4, -0.2) is 119 Å². The Bertz CT molecular complexity index is 4500. The molecule has 25 heteroatoms. The monoisotopic (exact) mass is 1260 g/mol. The summed E-state index contributed by atoms with van der Waals surface area (Å²) < 4.78 is 47.8. The van der Waals surface area contributed by atoms with Crippen molar-refractivity contribution < 1.29 is 41.9 Å². The number of carbonyl (C=O) groups is 6. The zero-order chi connectivity index (χ0) is 61.5. The molecule has 9 aromatic rings. The van der Waals surface area contributed by atoms with E-state index < -0.39 is 23.6 Å². The van der Waals surface area contributed by atoms with E-state index in [0.29, 0.717) is 91.2 Å². The average molecular weight is 1260 g/mol. The largest absolute Gasteiger partial charge is 0.312 e. The fraction of sp³-hybridized carbons (Fsp3) is 0.238. The molecule has 3 aromatic carbocycles. The number of rotatable bonds is 14. The van der Waals surface area contributed by atoms with E-state index in [4.69, 9.17) is 0 Å². The van der Waals surface area contributed by atoms with Crippen LogP contribution in [0.1, 0.15) is 119 Å². The van der Waals surface area contributed by atoms with E-state index in [2.05, 4.69) is 36.3 Å². The topological polar surface area (TPSA) is 242 Å². The molecule has 88 heavy (non-hydrogen) atoms. The Kier molecular flexibility index (Phi) is 16.1. The molecule has 0 unspecified atom stereocenters. The van der Waals surface area contributed by atoms with Gasteiger partial charge in [0.2, 0.25) is 0 Å². The zero-order valence-electron chi connectivity index (χ0n) is 46.7. The lowest BCUT2D eigenvalue weighted by Crippen LogP contribution is -2.32. The first-order valence-electron chi connectivity index (χ1n) is 28.1. The summed E-state index contributed by atoms with van der Waals surface area (Å²) in [7, 11) is 0. The van der Waals surface area contributed by atoms with Gasteiger partial charge in [-0.25, -0.2) is 13.2 Å². The van der Waals surface area contributed by atoms with Crippen LogP contribution in [0.5, 0.6) is 0 Å². The van der Waals surface area contributed by atoms with Gasteiger partial charge in [-0.3, -0.25) is 72.3 Å². The van der Waals surface area contributed by atoms with Crippen LogP contribution in [-0.2, 0) is 13.1 Å². The Morgan fingerprint density at radius 3 is 1.31 bits per heavy atom. The van der Waals surface area contributed by atoms with Gasteiger partial charge in [0, 0.05) is 48.2 Å². The van der Waals surface area contributed by atoms with Crippen molar-refractivity contribution >= 4 is 84.1 Å². The Labute approximate surface area is 505 Å². The van der Waals surface area contributed by atoms with Crippen LogP contribution in [0.4, 0.5) is 13.2 Å². The van der Waals surface area contributed by atoms with E-state index in [-0.39, 0.29) is 89.8 Å². The molecule has 6 aliphatic rings. The van der Waals surface area contributed by atoms with Crippen LogP contribution in [0.2, 0.25) is 0 Å². The molecule has 6 aromatic heterocycles. The first-order valence-corrected chi connectivity index (χ1v) is 29.3. The highest BCUT2D eigenvalue weighted by atomic mass is 79.9. The van der Waals surface area contributed by atoms with Crippen LogP contribution in [0, 0.1) is 0 Å². The lowest BCUT2D eigenvalue weighted by molar-refractivity contribution is 0.0650. The number of aromatic amines is 1. The second kappa shape index (κ2) is 24.3. The van der Waals surface area contributed by atoms with E-state index in [1.165, 1.54) is 15.6 Å². The molecule has 0 radical (unpaired) electrons. The summed E-state index contributed by atoms with van der Waals surface area (Å²) in [6, 6.07) is 26.1. The van der Waals surface area contributed by atoms with Crippen LogP contribution < -0.4 is 16.7 Å². The third-order valence-electron chi connectivity index (χ3n) is 15.8. The van der Waals surface area contributed by atoms with Gasteiger partial charge in [-0.2, -0.15) is 15.3 Å². The maximum atomic E-state index is 13.6. The van der Waals surface area contributed by atoms with Gasteiger partial charge in [0.1, 0.15) is 0 Å². The zero-order valence-corrected chi connectivity index (χ0v) is 48.3. The van der Waals surface area contributed by atoms with Crippen molar-refractivity contribution in [2.24, 2.45) is 0 Å². The van der Waals surface area contributed by atoms with Crippen molar-refractivity contribution in [3.8, 4) is 0 Å². The number of amides is 6. The van der Waals surface area contributed by atoms with E-state index >= 15 is 0 Å². The van der Waals surface area contributed by atoms with Crippen LogP contribution in [0.15, 0.2) is 178 Å². The molecule has 3 aliphatic carbocycles. The minimum atomic E-state index is -0.442. The number of nitrogens with one attached hydrogen (secondary N) is 1. The minimum Gasteiger partial charge on any atom is -0.312 e. The number of benzene rings is 3. The van der Waals surface area contributed by atoms with Gasteiger partial charge in [0.25, 0.3) is 52.1 Å². The Balaban J connectivity index is 0.000000120. The number of aromatic nitrogens is 9. The highest BCUT2D eigenvalue weighted by molar-refractivity contribution is 9.09. The average Bonchev–Trinajstić information content (AvgIpc) is 2.41. The van der Waals surface area contributed by atoms with Crippen LogP contribution in [0.3, 0.4) is 0 Å². The van der Waals surface area contributed by atoms with E-state index in [0.717, 1.165) is 58.7 Å². The third-order valence-corrected chi connectivity index (χ3v) is 16.5. The lowest BCUT2D eigenvalue weighted by Gasteiger charge is -2.16. The summed E-state index contributed by atoms with van der Waals surface area (Å²) in [6.07, 6.45) is 17.4. The molecular formula is C63H52BrF3N12O9. The standard InChI is InChI=1S/2C21H17FN4O3.C12H9BrFNO2.C9H9N3O/c22-9-13(11-25-19(27)15-3-1-2-4-16(15)20(25)28)12-26-18-7-8-24(14-5-6-14)21(29)17(18)10-23-26;22-9-13(11-26-19(27)15-3-1-2-4-16(15)20(26)28)10-24-12-17-18(23-24)7-8-25(21(17)29)14-5-6-14;13-5-8(6-14)7-15-11(16)9-3-1-2-4-10(9)12(15)17;13-9-7-5-10-11-8(7)3-4-12(9)6-1-2-6/h1-4,7-10,14H,5-6,11-12H2;1-4,7-9,12,14H,5-6,10-11H2;1-4,6H,5,7H2;3-6H,1-2H2,(H,10,11)/b13-9+;13-9-;8-6-;. The smallest absolute Gasteiger partial charge is 0.261 e. The molecule has 15 rings (SSSR count). The number of carbonyl (C=O) groups excluding carboxylic acids is 6. The molecule has 0 atom stereocenters. The molecule has 21 nitrogen and oxygen atoms in total. The maximum Gasteiger partial charge on any atom is 0.261 e. The summed E-state index contributed by atoms with van der Waals surface area (Å²) in [5, 5.41) is 17.1. The Morgan fingerprint density at radius 2 is 0.875 bits per heavy atom. The van der Waals surface area contributed by atoms with Gasteiger partial charge < -0.3 is 13.7 Å². The van der Waals surface area contributed by atoms with E-state index in [9.17, 15) is 56.3 Å². The van der Waals surface area contributed by atoms with Crippen LogP contribution in [0.25, 0.3) is 32.7 Å². The molecule has 9 heterocycles. The highest BCUT2D eigenvalue weighted by Gasteiger charge is 2.38. The fourth-order valence-electron chi connectivity index (χ4n) is 10.8. The summed E-state index contributed by atoms with van der Waals surface area (Å²) in [4.78, 5) is 114. The third kappa shape index (κ3) is 11.3. The number of halogens is 4. The van der Waals surface area contributed by atoms with Crippen molar-refractivity contribution in [3.05, 3.63) is 228 Å². The van der Waals surface area contributed by atoms with E-state index in [1.54, 1.807) is 123 Å². The molecule has 3 saturated carbocycles. The van der Waals surface area contributed by atoms with Gasteiger partial charge in [-0.05, 0) is 110 Å². The van der Waals surface area contributed by atoms with Gasteiger partial charge in [0.05, 0.1) is 130 Å². The predicted molar refractivity (Wildman–Crippen MR) is 320 cm³/mol. The van der Waals surface area contributed by atoms with Gasteiger partial charge >= 0.3 is 0 Å². The quantitative estimate of drug-likeness (QED) is 0.0792. The summed E-state index contributed by atoms with van der Waals surface area (Å²) in [5.41, 5.74) is 4.60. The number of pyridine rings is 3. The SMILES string of the molecule is O=C1c2ccccc2C(=O)N1C/C(=C\F)CBr.O=C1c2ccccc2C(=O)N1C/C(=C\F)Cn1cc2c(=O)n(C3CC3)ccc2n1.O=C1c2ccccc2C(=O)N1C/C(=C\F)Cn1ncc2c(=O)n(C3CC3)ccc21.O=c1c2cn[nH]c2ccn1C1CC1. The van der Waals surface area contributed by atoms with Crippen molar-refractivity contribution in [2.45, 2.75) is 69.7 Å². The summed E-state index contributed by atoms with van der Waals surface area (Å²) >= 11 is 3.10. The number of alkyl halides is 1. The molecular weight excluding hydrogens is 1210 g/mol. The van der Waals surface area contributed by atoms with Crippen molar-refractivity contribution in [1.82, 2.24) is 58.2 Å². The van der Waals surface area contributed by atoms with Gasteiger partial charge in [-0.1, -0.05) is 52.3 Å². The van der Waals surface area contributed by atoms with Crippen LogP contribution >= 0.6 is 15.9 Å². The molecule has 0 spiro atoms. The van der Waals surface area contributed by atoms with Gasteiger partial charge in [0.15, 0.2) is 0 Å². The van der Waals surface area contributed by atoms with Crippen molar-refractivity contribution in [1.29, 1.82) is 0 Å². The molecule has 3 fully saturated rings. The second-order valence-corrected chi connectivity index (χ2v) is 22.4. The molecule has 0 bridgehead atoms. The normalized spacial score (nSPS) is 16.5. The number of fused-ring (bicyclic) bond motifs is 6.